The predicted octanol–water partition coefficient (Wildman–Crippen LogP) is 1.41. The van der Waals surface area contributed by atoms with E-state index >= 15 is 0 Å². The highest BCUT2D eigenvalue weighted by molar-refractivity contribution is 7.86. The smallest absolute Gasteiger partial charge is 0.385 e. The van der Waals surface area contributed by atoms with Gasteiger partial charge in [-0.3, -0.25) is 4.55 Å². The predicted molar refractivity (Wildman–Crippen MR) is 45.7 cm³/mol. The molecular formula is C6H13F3O5S. The number of halogens is 3. The molecule has 0 radical (unpaired) electrons. The van der Waals surface area contributed by atoms with Gasteiger partial charge < -0.3 is 4.74 Å². The normalized spacial score (nSPS) is 11.9. The third-order valence-corrected chi connectivity index (χ3v) is 1.88. The summed E-state index contributed by atoms with van der Waals surface area (Å²) in [5.74, 6) is 0. The summed E-state index contributed by atoms with van der Waals surface area (Å²) in [5, 5.41) is -4.58. The zero-order chi connectivity index (χ0) is 12.5. The van der Waals surface area contributed by atoms with Crippen molar-refractivity contribution < 1.29 is 36.0 Å². The highest BCUT2D eigenvalue weighted by Crippen LogP contribution is 2.20. The van der Waals surface area contributed by atoms with E-state index in [9.17, 15) is 21.7 Å². The van der Waals surface area contributed by atoms with Crippen LogP contribution in [0.3, 0.4) is 0 Å². The maximum Gasteiger partial charge on any atom is 0.395 e. The molecule has 0 amide bonds. The van der Waals surface area contributed by atoms with Gasteiger partial charge in [0, 0.05) is 13.7 Å². The van der Waals surface area contributed by atoms with Crippen LogP contribution in [0.5, 0.6) is 0 Å². The minimum Gasteiger partial charge on any atom is -0.385 e. The summed E-state index contributed by atoms with van der Waals surface area (Å²) in [6.07, 6.45) is 1.12. The van der Waals surface area contributed by atoms with E-state index in [1.807, 2.05) is 0 Å². The van der Waals surface area contributed by atoms with Gasteiger partial charge in [0.15, 0.2) is 6.61 Å². The summed E-state index contributed by atoms with van der Waals surface area (Å²) in [7, 11) is -3.85. The minimum atomic E-state index is -5.56. The van der Waals surface area contributed by atoms with Crippen molar-refractivity contribution in [2.45, 2.75) is 18.6 Å². The lowest BCUT2D eigenvalue weighted by Gasteiger charge is -2.07. The molecule has 0 heterocycles. The molecule has 0 bridgehead atoms. The van der Waals surface area contributed by atoms with Crippen LogP contribution in [0.4, 0.5) is 13.3 Å². The molecule has 0 aromatic rings. The summed E-state index contributed by atoms with van der Waals surface area (Å²) in [4.78, 5) is 2.34. The first-order valence-electron chi connectivity index (χ1n) is 3.80. The van der Waals surface area contributed by atoms with Crippen LogP contribution in [-0.4, -0.2) is 38.5 Å². The molecular weight excluding hydrogens is 241 g/mol. The summed E-state index contributed by atoms with van der Waals surface area (Å²) in [6.45, 7) is 0.968. The monoisotopic (exact) mass is 254 g/mol. The standard InChI is InChI=1S/C4H10O.C2H3F3O4S/c1-3-4-5-2;3-2(4,1-9-5)10(6,7)8/h3-4H2,1-2H3;1H2,(H,6,7,8). The molecule has 0 fully saturated rings. The molecule has 0 unspecified atom stereocenters. The van der Waals surface area contributed by atoms with Crippen LogP contribution in [0, 0.1) is 0 Å². The van der Waals surface area contributed by atoms with Gasteiger partial charge in [-0.2, -0.15) is 22.1 Å². The number of rotatable bonds is 5. The minimum absolute atomic E-state index is 0.889. The van der Waals surface area contributed by atoms with Gasteiger partial charge in [-0.1, -0.05) is 6.92 Å². The van der Waals surface area contributed by atoms with Crippen LogP contribution < -0.4 is 0 Å². The van der Waals surface area contributed by atoms with Crippen LogP contribution in [0.2, 0.25) is 0 Å². The lowest BCUT2D eigenvalue weighted by molar-refractivity contribution is -0.176. The van der Waals surface area contributed by atoms with E-state index in [1.54, 1.807) is 7.11 Å². The van der Waals surface area contributed by atoms with Crippen molar-refractivity contribution in [3.8, 4) is 0 Å². The lowest BCUT2D eigenvalue weighted by Crippen LogP contribution is -2.32. The zero-order valence-corrected chi connectivity index (χ0v) is 9.06. The van der Waals surface area contributed by atoms with E-state index in [2.05, 4.69) is 11.9 Å². The second-order valence-electron chi connectivity index (χ2n) is 2.36. The summed E-state index contributed by atoms with van der Waals surface area (Å²) in [6, 6.07) is 0. The highest BCUT2D eigenvalue weighted by Gasteiger charge is 2.44. The van der Waals surface area contributed by atoms with Crippen molar-refractivity contribution in [3.05, 3.63) is 0 Å². The Balaban J connectivity index is 0. The summed E-state index contributed by atoms with van der Waals surface area (Å²) in [5.41, 5.74) is 0. The Hall–Kier alpha value is -0.380. The summed E-state index contributed by atoms with van der Waals surface area (Å²) >= 11 is 0. The molecule has 0 atom stereocenters. The average Bonchev–Trinajstić information content (AvgIpc) is 2.04. The SMILES string of the molecule is CCCOC.O=S(=O)(O)C(F)(F)COF. The van der Waals surface area contributed by atoms with Crippen molar-refractivity contribution >= 4 is 10.1 Å². The first-order valence-corrected chi connectivity index (χ1v) is 5.24. The summed E-state index contributed by atoms with van der Waals surface area (Å²) < 4.78 is 65.7. The molecule has 9 heteroatoms. The molecule has 0 aliphatic rings. The van der Waals surface area contributed by atoms with Gasteiger partial charge in [0.05, 0.1) is 0 Å². The molecule has 1 N–H and O–H groups in total. The van der Waals surface area contributed by atoms with Crippen molar-refractivity contribution in [3.63, 3.8) is 0 Å². The number of methoxy groups -OCH3 is 1. The Morgan fingerprint density at radius 3 is 1.93 bits per heavy atom. The topological polar surface area (TPSA) is 72.8 Å². The highest BCUT2D eigenvalue weighted by atomic mass is 32.2. The van der Waals surface area contributed by atoms with Crippen LogP contribution in [-0.2, 0) is 19.8 Å². The van der Waals surface area contributed by atoms with Gasteiger partial charge in [-0.25, -0.2) is 0 Å². The number of hydrogen-bond donors (Lipinski definition) is 1. The largest absolute Gasteiger partial charge is 0.395 e. The Labute approximate surface area is 85.8 Å². The van der Waals surface area contributed by atoms with E-state index in [1.165, 1.54) is 0 Å². The molecule has 0 rings (SSSR count). The first kappa shape index (κ1) is 17.0. The molecule has 0 aromatic carbocycles. The van der Waals surface area contributed by atoms with Gasteiger partial charge in [0.25, 0.3) is 0 Å². The third kappa shape index (κ3) is 8.60. The van der Waals surface area contributed by atoms with Crippen molar-refractivity contribution in [1.82, 2.24) is 0 Å². The van der Waals surface area contributed by atoms with Crippen LogP contribution in [0.15, 0.2) is 0 Å². The fraction of sp³-hybridized carbons (Fsp3) is 1.00. The fourth-order valence-corrected chi connectivity index (χ4v) is 0.536. The van der Waals surface area contributed by atoms with Gasteiger partial charge in [-0.15, -0.1) is 0 Å². The Bertz CT molecular complexity index is 239. The van der Waals surface area contributed by atoms with Crippen molar-refractivity contribution in [1.29, 1.82) is 0 Å². The number of hydrogen-bond acceptors (Lipinski definition) is 4. The van der Waals surface area contributed by atoms with Crippen LogP contribution in [0.1, 0.15) is 13.3 Å². The fourth-order valence-electron chi connectivity index (χ4n) is 0.342. The molecule has 15 heavy (non-hydrogen) atoms. The molecule has 5 nitrogen and oxygen atoms in total. The third-order valence-electron chi connectivity index (χ3n) is 1.01. The Kier molecular flexibility index (Phi) is 8.92. The van der Waals surface area contributed by atoms with Crippen molar-refractivity contribution in [2.24, 2.45) is 0 Å². The van der Waals surface area contributed by atoms with E-state index in [4.69, 9.17) is 9.29 Å². The zero-order valence-electron chi connectivity index (χ0n) is 8.24. The molecule has 0 saturated carbocycles. The van der Waals surface area contributed by atoms with Gasteiger partial charge in [0.2, 0.25) is 0 Å². The van der Waals surface area contributed by atoms with Crippen molar-refractivity contribution in [2.75, 3.05) is 20.3 Å². The van der Waals surface area contributed by atoms with Gasteiger partial charge in [0.1, 0.15) is 0 Å². The first-order chi connectivity index (χ1) is 6.72. The maximum atomic E-state index is 11.7. The molecule has 0 aliphatic carbocycles. The molecule has 0 aliphatic heterocycles. The second-order valence-corrected chi connectivity index (χ2v) is 3.91. The van der Waals surface area contributed by atoms with Crippen LogP contribution >= 0.6 is 0 Å². The van der Waals surface area contributed by atoms with Gasteiger partial charge >= 0.3 is 15.4 Å². The number of alkyl halides is 2. The van der Waals surface area contributed by atoms with Gasteiger partial charge in [-0.05, 0) is 10.9 Å². The second kappa shape index (κ2) is 7.85. The lowest BCUT2D eigenvalue weighted by atomic mass is 10.5. The van der Waals surface area contributed by atoms with E-state index in [0.717, 1.165) is 13.0 Å². The van der Waals surface area contributed by atoms with E-state index < -0.39 is 22.0 Å². The van der Waals surface area contributed by atoms with Crippen LogP contribution in [0.25, 0.3) is 0 Å². The Morgan fingerprint density at radius 2 is 1.87 bits per heavy atom. The van der Waals surface area contributed by atoms with E-state index in [0.29, 0.717) is 0 Å². The molecule has 0 spiro atoms. The molecule has 0 saturated heterocycles. The molecule has 94 valence electrons. The number of ether oxygens (including phenoxy) is 1. The Morgan fingerprint density at radius 1 is 1.40 bits per heavy atom. The quantitative estimate of drug-likeness (QED) is 0.751. The van der Waals surface area contributed by atoms with E-state index in [-0.39, 0.29) is 0 Å². The maximum absolute atomic E-state index is 11.7. The average molecular weight is 254 g/mol. The molecule has 0 aromatic heterocycles.